The van der Waals surface area contributed by atoms with Gasteiger partial charge in [-0.3, -0.25) is 4.79 Å². The lowest BCUT2D eigenvalue weighted by molar-refractivity contribution is 0.103. The number of hydrogen-bond acceptors (Lipinski definition) is 1. The van der Waals surface area contributed by atoms with E-state index in [2.05, 4.69) is 0 Å². The zero-order chi connectivity index (χ0) is 13.3. The molecular formula is C14H9F3O. The monoisotopic (exact) mass is 250 g/mol. The number of ketones is 1. The third-order valence-corrected chi connectivity index (χ3v) is 2.62. The Morgan fingerprint density at radius 2 is 1.50 bits per heavy atom. The summed E-state index contributed by atoms with van der Waals surface area (Å²) in [6.45, 7) is 1.62. The van der Waals surface area contributed by atoms with E-state index in [0.29, 0.717) is 11.6 Å². The molecule has 0 amide bonds. The van der Waals surface area contributed by atoms with E-state index in [1.165, 1.54) is 12.1 Å². The Balaban J connectivity index is 2.51. The van der Waals surface area contributed by atoms with Gasteiger partial charge in [0, 0.05) is 11.6 Å². The molecule has 2 aromatic rings. The normalized spacial score (nSPS) is 10.4. The van der Waals surface area contributed by atoms with Crippen LogP contribution in [0.4, 0.5) is 13.2 Å². The largest absolute Gasteiger partial charge is 0.288 e. The first-order chi connectivity index (χ1) is 8.49. The molecule has 4 heteroatoms. The summed E-state index contributed by atoms with van der Waals surface area (Å²) in [4.78, 5) is 12.0. The molecule has 0 saturated carbocycles. The van der Waals surface area contributed by atoms with Crippen LogP contribution in [-0.4, -0.2) is 5.78 Å². The average molecular weight is 250 g/mol. The highest BCUT2D eigenvalue weighted by atomic mass is 19.1. The number of hydrogen-bond donors (Lipinski definition) is 0. The molecule has 0 aliphatic rings. The van der Waals surface area contributed by atoms with Gasteiger partial charge in [-0.05, 0) is 36.8 Å². The van der Waals surface area contributed by atoms with Gasteiger partial charge in [0.05, 0.1) is 5.56 Å². The Morgan fingerprint density at radius 3 is 2.17 bits per heavy atom. The van der Waals surface area contributed by atoms with Gasteiger partial charge in [-0.1, -0.05) is 6.07 Å². The first-order valence-corrected chi connectivity index (χ1v) is 5.25. The van der Waals surface area contributed by atoms with E-state index < -0.39 is 23.2 Å². The molecule has 0 bridgehead atoms. The van der Waals surface area contributed by atoms with Gasteiger partial charge < -0.3 is 0 Å². The number of halogens is 3. The Labute approximate surface area is 102 Å². The predicted molar refractivity (Wildman–Crippen MR) is 60.9 cm³/mol. The molecule has 0 unspecified atom stereocenters. The van der Waals surface area contributed by atoms with Gasteiger partial charge in [0.25, 0.3) is 0 Å². The third-order valence-electron chi connectivity index (χ3n) is 2.62. The number of carbonyl (C=O) groups is 1. The lowest BCUT2D eigenvalue weighted by Crippen LogP contribution is -2.07. The highest BCUT2D eigenvalue weighted by molar-refractivity contribution is 6.10. The van der Waals surface area contributed by atoms with Gasteiger partial charge in [-0.2, -0.15) is 0 Å². The van der Waals surface area contributed by atoms with Crippen molar-refractivity contribution in [3.63, 3.8) is 0 Å². The van der Waals surface area contributed by atoms with Crippen molar-refractivity contribution in [3.05, 3.63) is 70.5 Å². The maximum Gasteiger partial charge on any atom is 0.196 e. The number of aryl methyl sites for hydroxylation is 1. The van der Waals surface area contributed by atoms with Crippen LogP contribution in [0, 0.1) is 24.4 Å². The SMILES string of the molecule is Cc1ccc(F)cc1C(=O)c1ccc(F)cc1F. The molecule has 0 atom stereocenters. The molecular weight excluding hydrogens is 241 g/mol. The fourth-order valence-corrected chi connectivity index (χ4v) is 1.66. The first kappa shape index (κ1) is 12.4. The second-order valence-corrected chi connectivity index (χ2v) is 3.91. The van der Waals surface area contributed by atoms with Crippen molar-refractivity contribution in [2.75, 3.05) is 0 Å². The molecule has 0 aromatic heterocycles. The molecule has 0 saturated heterocycles. The standard InChI is InChI=1S/C14H9F3O/c1-8-2-3-9(15)6-12(8)14(18)11-5-4-10(16)7-13(11)17/h2-7H,1H3. The fraction of sp³-hybridized carbons (Fsp3) is 0.0714. The van der Waals surface area contributed by atoms with Crippen LogP contribution in [0.1, 0.15) is 21.5 Å². The maximum atomic E-state index is 13.5. The Kier molecular flexibility index (Phi) is 3.19. The van der Waals surface area contributed by atoms with Crippen LogP contribution >= 0.6 is 0 Å². The summed E-state index contributed by atoms with van der Waals surface area (Å²) in [5.41, 5.74) is 0.329. The zero-order valence-electron chi connectivity index (χ0n) is 9.51. The smallest absolute Gasteiger partial charge is 0.196 e. The number of carbonyl (C=O) groups excluding carboxylic acids is 1. The van der Waals surface area contributed by atoms with E-state index in [1.54, 1.807) is 6.92 Å². The van der Waals surface area contributed by atoms with Crippen LogP contribution in [0.25, 0.3) is 0 Å². The highest BCUT2D eigenvalue weighted by Crippen LogP contribution is 2.18. The van der Waals surface area contributed by atoms with Gasteiger partial charge >= 0.3 is 0 Å². The molecule has 2 rings (SSSR count). The molecule has 0 aliphatic carbocycles. The molecule has 2 aromatic carbocycles. The van der Waals surface area contributed by atoms with Gasteiger partial charge in [0.2, 0.25) is 0 Å². The molecule has 92 valence electrons. The van der Waals surface area contributed by atoms with Gasteiger partial charge in [-0.15, -0.1) is 0 Å². The first-order valence-electron chi connectivity index (χ1n) is 5.25. The molecule has 0 fully saturated rings. The minimum absolute atomic E-state index is 0.0699. The van der Waals surface area contributed by atoms with E-state index in [9.17, 15) is 18.0 Å². The van der Waals surface area contributed by atoms with Crippen LogP contribution in [0.2, 0.25) is 0 Å². The summed E-state index contributed by atoms with van der Waals surface area (Å²) < 4.78 is 39.3. The molecule has 1 nitrogen and oxygen atoms in total. The van der Waals surface area contributed by atoms with Crippen molar-refractivity contribution in [2.24, 2.45) is 0 Å². The van der Waals surface area contributed by atoms with E-state index in [0.717, 1.165) is 18.2 Å². The summed E-state index contributed by atoms with van der Waals surface area (Å²) >= 11 is 0. The Morgan fingerprint density at radius 1 is 0.889 bits per heavy atom. The Bertz CT molecular complexity index is 620. The molecule has 18 heavy (non-hydrogen) atoms. The van der Waals surface area contributed by atoms with E-state index in [4.69, 9.17) is 0 Å². The second-order valence-electron chi connectivity index (χ2n) is 3.91. The van der Waals surface area contributed by atoms with Crippen molar-refractivity contribution in [1.29, 1.82) is 0 Å². The quantitative estimate of drug-likeness (QED) is 0.743. The fourth-order valence-electron chi connectivity index (χ4n) is 1.66. The average Bonchev–Trinajstić information content (AvgIpc) is 2.31. The van der Waals surface area contributed by atoms with Crippen molar-refractivity contribution >= 4 is 5.78 Å². The zero-order valence-corrected chi connectivity index (χ0v) is 9.51. The lowest BCUT2D eigenvalue weighted by Gasteiger charge is -2.06. The minimum Gasteiger partial charge on any atom is -0.288 e. The molecule has 0 spiro atoms. The predicted octanol–water partition coefficient (Wildman–Crippen LogP) is 3.64. The molecule has 0 radical (unpaired) electrons. The van der Waals surface area contributed by atoms with Crippen molar-refractivity contribution in [2.45, 2.75) is 6.92 Å². The topological polar surface area (TPSA) is 17.1 Å². The lowest BCUT2D eigenvalue weighted by atomic mass is 9.98. The second kappa shape index (κ2) is 4.64. The van der Waals surface area contributed by atoms with Crippen molar-refractivity contribution < 1.29 is 18.0 Å². The van der Waals surface area contributed by atoms with Gasteiger partial charge in [-0.25, -0.2) is 13.2 Å². The summed E-state index contributed by atoms with van der Waals surface area (Å²) in [7, 11) is 0. The van der Waals surface area contributed by atoms with Crippen LogP contribution in [0.5, 0.6) is 0 Å². The van der Waals surface area contributed by atoms with Gasteiger partial charge in [0.15, 0.2) is 5.78 Å². The third kappa shape index (κ3) is 2.27. The molecule has 0 heterocycles. The Hall–Kier alpha value is -2.10. The number of rotatable bonds is 2. The summed E-state index contributed by atoms with van der Waals surface area (Å²) in [6.07, 6.45) is 0. The maximum absolute atomic E-state index is 13.5. The summed E-state index contributed by atoms with van der Waals surface area (Å²) in [5, 5.41) is 0. The van der Waals surface area contributed by atoms with Crippen LogP contribution in [-0.2, 0) is 0 Å². The van der Waals surface area contributed by atoms with E-state index in [1.807, 2.05) is 0 Å². The highest BCUT2D eigenvalue weighted by Gasteiger charge is 2.17. The van der Waals surface area contributed by atoms with E-state index >= 15 is 0 Å². The van der Waals surface area contributed by atoms with Gasteiger partial charge in [0.1, 0.15) is 17.5 Å². The van der Waals surface area contributed by atoms with Crippen molar-refractivity contribution in [1.82, 2.24) is 0 Å². The van der Waals surface area contributed by atoms with Crippen LogP contribution in [0.15, 0.2) is 36.4 Å². The summed E-state index contributed by atoms with van der Waals surface area (Å²) in [5.74, 6) is -2.96. The molecule has 0 aliphatic heterocycles. The van der Waals surface area contributed by atoms with Crippen LogP contribution < -0.4 is 0 Å². The van der Waals surface area contributed by atoms with E-state index in [-0.39, 0.29) is 11.1 Å². The minimum atomic E-state index is -0.955. The number of benzene rings is 2. The van der Waals surface area contributed by atoms with Crippen LogP contribution in [0.3, 0.4) is 0 Å². The summed E-state index contributed by atoms with van der Waals surface area (Å²) in [6, 6.07) is 6.36. The van der Waals surface area contributed by atoms with Crippen molar-refractivity contribution in [3.8, 4) is 0 Å². The molecule has 0 N–H and O–H groups in total.